The molecule has 3 heterocycles. The van der Waals surface area contributed by atoms with Crippen molar-refractivity contribution in [3.63, 3.8) is 0 Å². The van der Waals surface area contributed by atoms with Gasteiger partial charge in [-0.15, -0.1) is 0 Å². The van der Waals surface area contributed by atoms with Gasteiger partial charge in [-0.25, -0.2) is 4.98 Å². The van der Waals surface area contributed by atoms with Crippen molar-refractivity contribution >= 4 is 16.9 Å². The average Bonchev–Trinajstić information content (AvgIpc) is 3.05. The molecule has 1 fully saturated rings. The van der Waals surface area contributed by atoms with Crippen LogP contribution in [0.4, 0.5) is 5.82 Å². The molecule has 2 aromatic heterocycles. The number of pyridine rings is 1. The predicted octanol–water partition coefficient (Wildman–Crippen LogP) is 3.44. The number of hydrogen-bond acceptors (Lipinski definition) is 4. The van der Waals surface area contributed by atoms with E-state index in [1.165, 1.54) is 12.8 Å². The van der Waals surface area contributed by atoms with E-state index >= 15 is 0 Å². The second-order valence-electron chi connectivity index (χ2n) is 5.51. The maximum Gasteiger partial charge on any atom is 0.152 e. The third-order valence-electron chi connectivity index (χ3n) is 4.31. The quantitative estimate of drug-likeness (QED) is 0.854. The Bertz CT molecular complexity index is 588. The van der Waals surface area contributed by atoms with Crippen LogP contribution in [0.2, 0.25) is 0 Å². The lowest BCUT2D eigenvalue weighted by Gasteiger charge is -2.19. The number of anilines is 1. The second-order valence-corrected chi connectivity index (χ2v) is 5.51. The Kier molecular flexibility index (Phi) is 3.66. The predicted molar refractivity (Wildman–Crippen MR) is 82.2 cm³/mol. The Morgan fingerprint density at radius 1 is 1.35 bits per heavy atom. The second kappa shape index (κ2) is 5.44. The Labute approximate surface area is 120 Å². The van der Waals surface area contributed by atoms with E-state index in [9.17, 15) is 0 Å². The van der Waals surface area contributed by atoms with Crippen LogP contribution in [0.1, 0.15) is 38.5 Å². The maximum absolute atomic E-state index is 6.00. The van der Waals surface area contributed by atoms with Gasteiger partial charge >= 0.3 is 0 Å². The highest BCUT2D eigenvalue weighted by atomic mass is 16.3. The molecule has 3 rings (SSSR count). The summed E-state index contributed by atoms with van der Waals surface area (Å²) in [7, 11) is 2.17. The van der Waals surface area contributed by atoms with Gasteiger partial charge in [0.25, 0.3) is 0 Å². The van der Waals surface area contributed by atoms with Crippen molar-refractivity contribution in [1.29, 1.82) is 0 Å². The van der Waals surface area contributed by atoms with Crippen LogP contribution in [0.15, 0.2) is 22.6 Å². The Morgan fingerprint density at radius 2 is 2.15 bits per heavy atom. The van der Waals surface area contributed by atoms with Gasteiger partial charge in [0.05, 0.1) is 6.04 Å². The van der Waals surface area contributed by atoms with Crippen molar-refractivity contribution in [1.82, 2.24) is 9.88 Å². The maximum atomic E-state index is 6.00. The Morgan fingerprint density at radius 3 is 2.80 bits per heavy atom. The molecule has 108 valence electrons. The number of furan rings is 1. The van der Waals surface area contributed by atoms with Crippen molar-refractivity contribution < 1.29 is 4.42 Å². The minimum atomic E-state index is 0.418. The number of fused-ring (bicyclic) bond motifs is 1. The third kappa shape index (κ3) is 2.29. The molecule has 1 aliphatic rings. The minimum absolute atomic E-state index is 0.418. The summed E-state index contributed by atoms with van der Waals surface area (Å²) >= 11 is 0. The lowest BCUT2D eigenvalue weighted by molar-refractivity contribution is 0.281. The van der Waals surface area contributed by atoms with Gasteiger partial charge in [0.15, 0.2) is 5.58 Å². The highest BCUT2D eigenvalue weighted by molar-refractivity contribution is 5.75. The Hall–Kier alpha value is -1.55. The molecule has 20 heavy (non-hydrogen) atoms. The molecular formula is C16H23N3O. The standard InChI is InChI=1S/C16H23N3O/c1-4-19(5-2)16-9-8-14-12(17-16)11-15(20-14)13-7-6-10-18(13)3/h8-9,11,13H,4-7,10H2,1-3H3/t13-/m0/s1. The van der Waals surface area contributed by atoms with Gasteiger partial charge in [0.2, 0.25) is 0 Å². The molecule has 0 aromatic carbocycles. The molecule has 0 radical (unpaired) electrons. The molecule has 0 aliphatic carbocycles. The number of hydrogen-bond donors (Lipinski definition) is 0. The molecular weight excluding hydrogens is 250 g/mol. The highest BCUT2D eigenvalue weighted by Crippen LogP contribution is 2.33. The third-order valence-corrected chi connectivity index (χ3v) is 4.31. The van der Waals surface area contributed by atoms with E-state index in [2.05, 4.69) is 48.9 Å². The summed E-state index contributed by atoms with van der Waals surface area (Å²) in [4.78, 5) is 9.37. The van der Waals surface area contributed by atoms with E-state index in [-0.39, 0.29) is 0 Å². The van der Waals surface area contributed by atoms with E-state index < -0.39 is 0 Å². The van der Waals surface area contributed by atoms with E-state index in [1.54, 1.807) is 0 Å². The van der Waals surface area contributed by atoms with Gasteiger partial charge in [0.1, 0.15) is 17.1 Å². The summed E-state index contributed by atoms with van der Waals surface area (Å²) in [5.41, 5.74) is 1.88. The fourth-order valence-corrected chi connectivity index (χ4v) is 3.09. The largest absolute Gasteiger partial charge is 0.458 e. The van der Waals surface area contributed by atoms with Gasteiger partial charge in [0, 0.05) is 19.2 Å². The Balaban J connectivity index is 1.95. The highest BCUT2D eigenvalue weighted by Gasteiger charge is 2.26. The first-order chi connectivity index (χ1) is 9.72. The first kappa shape index (κ1) is 13.4. The molecule has 4 nitrogen and oxygen atoms in total. The van der Waals surface area contributed by atoms with Crippen LogP contribution in [0.3, 0.4) is 0 Å². The van der Waals surface area contributed by atoms with Gasteiger partial charge in [-0.05, 0) is 52.4 Å². The molecule has 0 N–H and O–H groups in total. The molecule has 2 aromatic rings. The van der Waals surface area contributed by atoms with E-state index in [1.807, 2.05) is 0 Å². The van der Waals surface area contributed by atoms with Crippen LogP contribution < -0.4 is 4.90 Å². The van der Waals surface area contributed by atoms with Crippen molar-refractivity contribution in [3.8, 4) is 0 Å². The molecule has 1 saturated heterocycles. The summed E-state index contributed by atoms with van der Waals surface area (Å²) in [6.07, 6.45) is 2.43. The summed E-state index contributed by atoms with van der Waals surface area (Å²) in [6.45, 7) is 7.42. The lowest BCUT2D eigenvalue weighted by Crippen LogP contribution is -2.22. The van der Waals surface area contributed by atoms with Crippen LogP contribution in [0.25, 0.3) is 11.1 Å². The van der Waals surface area contributed by atoms with Gasteiger partial charge in [-0.1, -0.05) is 0 Å². The molecule has 1 aliphatic heterocycles. The van der Waals surface area contributed by atoms with Crippen LogP contribution in [-0.4, -0.2) is 36.6 Å². The molecule has 0 bridgehead atoms. The number of likely N-dealkylation sites (tertiary alicyclic amines) is 1. The van der Waals surface area contributed by atoms with Crippen LogP contribution in [0.5, 0.6) is 0 Å². The number of rotatable bonds is 4. The van der Waals surface area contributed by atoms with Crippen molar-refractivity contribution in [2.45, 2.75) is 32.7 Å². The molecule has 1 atom stereocenters. The fraction of sp³-hybridized carbons (Fsp3) is 0.562. The zero-order valence-corrected chi connectivity index (χ0v) is 12.6. The summed E-state index contributed by atoms with van der Waals surface area (Å²) in [5.74, 6) is 2.10. The van der Waals surface area contributed by atoms with E-state index in [0.29, 0.717) is 6.04 Å². The molecule has 0 saturated carbocycles. The van der Waals surface area contributed by atoms with Crippen molar-refractivity contribution in [2.75, 3.05) is 31.6 Å². The molecule has 4 heteroatoms. The summed E-state index contributed by atoms with van der Waals surface area (Å²) in [6, 6.07) is 6.64. The van der Waals surface area contributed by atoms with Crippen LogP contribution in [-0.2, 0) is 0 Å². The van der Waals surface area contributed by atoms with Crippen molar-refractivity contribution in [3.05, 3.63) is 24.0 Å². The minimum Gasteiger partial charge on any atom is -0.458 e. The normalized spacial score (nSPS) is 19.9. The topological polar surface area (TPSA) is 32.5 Å². The smallest absolute Gasteiger partial charge is 0.152 e. The van der Waals surface area contributed by atoms with Gasteiger partial charge in [-0.2, -0.15) is 0 Å². The molecule has 0 amide bonds. The lowest BCUT2D eigenvalue weighted by atomic mass is 10.2. The summed E-state index contributed by atoms with van der Waals surface area (Å²) in [5, 5.41) is 0. The first-order valence-electron chi connectivity index (χ1n) is 7.58. The zero-order valence-electron chi connectivity index (χ0n) is 12.6. The number of nitrogens with zero attached hydrogens (tertiary/aromatic N) is 3. The van der Waals surface area contributed by atoms with Crippen molar-refractivity contribution in [2.24, 2.45) is 0 Å². The number of aromatic nitrogens is 1. The zero-order chi connectivity index (χ0) is 14.1. The summed E-state index contributed by atoms with van der Waals surface area (Å²) < 4.78 is 6.00. The van der Waals surface area contributed by atoms with E-state index in [0.717, 1.165) is 42.3 Å². The average molecular weight is 273 g/mol. The van der Waals surface area contributed by atoms with Crippen LogP contribution >= 0.6 is 0 Å². The molecule has 0 unspecified atom stereocenters. The van der Waals surface area contributed by atoms with E-state index in [4.69, 9.17) is 9.40 Å². The monoisotopic (exact) mass is 273 g/mol. The fourth-order valence-electron chi connectivity index (χ4n) is 3.09. The molecule has 0 spiro atoms. The van der Waals surface area contributed by atoms with Gasteiger partial charge in [-0.3, -0.25) is 4.90 Å². The van der Waals surface area contributed by atoms with Gasteiger partial charge < -0.3 is 9.32 Å². The first-order valence-corrected chi connectivity index (χ1v) is 7.58. The van der Waals surface area contributed by atoms with Crippen LogP contribution in [0, 0.1) is 0 Å². The SMILES string of the molecule is CCN(CC)c1ccc2oc([C@@H]3CCCN3C)cc2n1.